The third-order valence-electron chi connectivity index (χ3n) is 6.18. The zero-order valence-electron chi connectivity index (χ0n) is 20.8. The molecule has 0 saturated carbocycles. The van der Waals surface area contributed by atoms with Crippen molar-refractivity contribution in [3.63, 3.8) is 0 Å². The van der Waals surface area contributed by atoms with Gasteiger partial charge in [-0.15, -0.1) is 0 Å². The average molecular weight is 497 g/mol. The van der Waals surface area contributed by atoms with E-state index in [0.717, 1.165) is 22.3 Å². The van der Waals surface area contributed by atoms with Crippen LogP contribution in [-0.2, 0) is 19.0 Å². The van der Waals surface area contributed by atoms with E-state index in [2.05, 4.69) is 12.1 Å². The predicted octanol–water partition coefficient (Wildman–Crippen LogP) is 3.96. The van der Waals surface area contributed by atoms with Gasteiger partial charge in [-0.05, 0) is 43.0 Å². The highest BCUT2D eigenvalue weighted by molar-refractivity contribution is 5.79. The highest BCUT2D eigenvalue weighted by Crippen LogP contribution is 2.44. The fourth-order valence-corrected chi connectivity index (χ4v) is 4.61. The van der Waals surface area contributed by atoms with Crippen LogP contribution >= 0.6 is 0 Å². The average Bonchev–Trinajstić information content (AvgIpc) is 2.98. The third kappa shape index (κ3) is 5.96. The van der Waals surface area contributed by atoms with E-state index in [0.29, 0.717) is 0 Å². The van der Waals surface area contributed by atoms with E-state index in [9.17, 15) is 14.4 Å². The number of nitrogens with zero attached hydrogens (tertiary/aromatic N) is 2. The maximum Gasteiger partial charge on any atom is 0.410 e. The molecule has 1 aliphatic carbocycles. The molecule has 4 rings (SSSR count). The minimum Gasteiger partial charge on any atom is -0.480 e. The number of carbonyl (C=O) groups is 3. The molecule has 0 radical (unpaired) electrons. The Labute approximate surface area is 210 Å². The van der Waals surface area contributed by atoms with Gasteiger partial charge in [-0.25, -0.2) is 14.4 Å². The van der Waals surface area contributed by atoms with Crippen LogP contribution in [-0.4, -0.2) is 84.2 Å². The van der Waals surface area contributed by atoms with Gasteiger partial charge in [0.2, 0.25) is 0 Å². The van der Waals surface area contributed by atoms with Gasteiger partial charge in [0.1, 0.15) is 18.8 Å². The van der Waals surface area contributed by atoms with Crippen LogP contribution in [0.5, 0.6) is 0 Å². The summed E-state index contributed by atoms with van der Waals surface area (Å²) in [5, 5.41) is 9.05. The lowest BCUT2D eigenvalue weighted by Crippen LogP contribution is -2.42. The van der Waals surface area contributed by atoms with Crippen molar-refractivity contribution in [2.24, 2.45) is 0 Å². The Morgan fingerprint density at radius 1 is 0.889 bits per heavy atom. The molecule has 1 saturated heterocycles. The zero-order chi connectivity index (χ0) is 25.9. The van der Waals surface area contributed by atoms with Gasteiger partial charge in [-0.2, -0.15) is 0 Å². The number of carbonyl (C=O) groups excluding carboxylic acids is 2. The van der Waals surface area contributed by atoms with Gasteiger partial charge in [-0.3, -0.25) is 0 Å². The van der Waals surface area contributed by atoms with Crippen molar-refractivity contribution in [3.8, 4) is 11.1 Å². The van der Waals surface area contributed by atoms with Gasteiger partial charge >= 0.3 is 18.2 Å². The summed E-state index contributed by atoms with van der Waals surface area (Å²) in [7, 11) is 0. The Balaban J connectivity index is 1.45. The molecule has 0 bridgehead atoms. The number of hydrogen-bond acceptors (Lipinski definition) is 6. The maximum absolute atomic E-state index is 13.1. The van der Waals surface area contributed by atoms with Crippen molar-refractivity contribution in [2.45, 2.75) is 38.4 Å². The van der Waals surface area contributed by atoms with Crippen molar-refractivity contribution in [1.29, 1.82) is 0 Å². The molecule has 1 unspecified atom stereocenters. The normalized spacial score (nSPS) is 17.7. The first-order chi connectivity index (χ1) is 17.1. The lowest BCUT2D eigenvalue weighted by Gasteiger charge is -2.27. The first-order valence-electron chi connectivity index (χ1n) is 12.0. The first kappa shape index (κ1) is 25.5. The molecular formula is C27H32N2O7. The zero-order valence-corrected chi connectivity index (χ0v) is 20.8. The summed E-state index contributed by atoms with van der Waals surface area (Å²) in [5.74, 6) is -1.21. The number of amides is 2. The summed E-state index contributed by atoms with van der Waals surface area (Å²) in [5.41, 5.74) is 3.81. The van der Waals surface area contributed by atoms with E-state index in [4.69, 9.17) is 19.3 Å². The minimum absolute atomic E-state index is 0.0781. The van der Waals surface area contributed by atoms with Gasteiger partial charge in [0, 0.05) is 19.0 Å². The van der Waals surface area contributed by atoms with Crippen molar-refractivity contribution in [2.75, 3.05) is 39.4 Å². The van der Waals surface area contributed by atoms with Crippen molar-refractivity contribution in [3.05, 3.63) is 59.7 Å². The second-order valence-corrected chi connectivity index (χ2v) is 10.0. The maximum atomic E-state index is 13.1. The van der Waals surface area contributed by atoms with Crippen molar-refractivity contribution in [1.82, 2.24) is 9.80 Å². The topological polar surface area (TPSA) is 106 Å². The highest BCUT2D eigenvalue weighted by Gasteiger charge is 2.33. The van der Waals surface area contributed by atoms with E-state index in [1.54, 1.807) is 20.8 Å². The molecule has 2 aromatic rings. The van der Waals surface area contributed by atoms with E-state index in [1.165, 1.54) is 9.80 Å². The van der Waals surface area contributed by atoms with Gasteiger partial charge in [-0.1, -0.05) is 48.5 Å². The van der Waals surface area contributed by atoms with Crippen LogP contribution in [0.2, 0.25) is 0 Å². The summed E-state index contributed by atoms with van der Waals surface area (Å²) in [4.78, 5) is 39.7. The van der Waals surface area contributed by atoms with Crippen LogP contribution in [0.25, 0.3) is 11.1 Å². The van der Waals surface area contributed by atoms with Crippen molar-refractivity contribution < 1.29 is 33.7 Å². The van der Waals surface area contributed by atoms with Crippen LogP contribution in [0.15, 0.2) is 48.5 Å². The van der Waals surface area contributed by atoms with Gasteiger partial charge in [0.15, 0.2) is 0 Å². The second kappa shape index (κ2) is 10.6. The number of rotatable bonds is 5. The van der Waals surface area contributed by atoms with Crippen LogP contribution in [0.3, 0.4) is 0 Å². The van der Waals surface area contributed by atoms with E-state index >= 15 is 0 Å². The predicted molar refractivity (Wildman–Crippen MR) is 132 cm³/mol. The number of carboxylic acid groups (broad SMARTS) is 1. The number of benzene rings is 2. The molecule has 1 N–H and O–H groups in total. The monoisotopic (exact) mass is 496 g/mol. The number of hydrogen-bond donors (Lipinski definition) is 1. The summed E-state index contributed by atoms with van der Waals surface area (Å²) >= 11 is 0. The Kier molecular flexibility index (Phi) is 7.49. The fraction of sp³-hybridized carbons (Fsp3) is 0.444. The molecule has 9 heteroatoms. The standard InChI is InChI=1S/C27H32N2O7/c1-27(2,3)36-26(33)29-13-12-28(14-18(15-29)34-17-24(30)31)25(32)35-16-23-21-10-6-4-8-19(21)20-9-5-7-11-22(20)23/h4-11,18,23H,12-17H2,1-3H3,(H,30,31). The summed E-state index contributed by atoms with van der Waals surface area (Å²) in [6.45, 7) is 5.57. The van der Waals surface area contributed by atoms with Gasteiger partial charge in [0.05, 0.1) is 19.2 Å². The molecule has 1 aliphatic heterocycles. The molecule has 192 valence electrons. The number of fused-ring (bicyclic) bond motifs is 3. The summed E-state index contributed by atoms with van der Waals surface area (Å²) in [6, 6.07) is 16.2. The molecule has 0 spiro atoms. The van der Waals surface area contributed by atoms with Crippen molar-refractivity contribution >= 4 is 18.2 Å². The lowest BCUT2D eigenvalue weighted by atomic mass is 9.98. The Morgan fingerprint density at radius 2 is 1.42 bits per heavy atom. The fourth-order valence-electron chi connectivity index (χ4n) is 4.61. The largest absolute Gasteiger partial charge is 0.480 e. The Hall–Kier alpha value is -3.59. The molecule has 1 fully saturated rings. The molecule has 0 aromatic heterocycles. The first-order valence-corrected chi connectivity index (χ1v) is 12.0. The molecule has 1 atom stereocenters. The van der Waals surface area contributed by atoms with E-state index < -0.39 is 36.5 Å². The van der Waals surface area contributed by atoms with E-state index in [1.807, 2.05) is 36.4 Å². The molecular weight excluding hydrogens is 464 g/mol. The molecule has 2 aliphatic rings. The molecule has 36 heavy (non-hydrogen) atoms. The Morgan fingerprint density at radius 3 is 1.94 bits per heavy atom. The Bertz CT molecular complexity index is 1080. The number of aliphatic carboxylic acids is 1. The quantitative estimate of drug-likeness (QED) is 0.668. The van der Waals surface area contributed by atoms with Crippen LogP contribution in [0.1, 0.15) is 37.8 Å². The molecule has 2 amide bonds. The van der Waals surface area contributed by atoms with Crippen LogP contribution < -0.4 is 0 Å². The SMILES string of the molecule is CC(C)(C)OC(=O)N1CCN(C(=O)OCC2c3ccccc3-c3ccccc32)CC(OCC(=O)O)C1. The lowest BCUT2D eigenvalue weighted by molar-refractivity contribution is -0.144. The molecule has 9 nitrogen and oxygen atoms in total. The van der Waals surface area contributed by atoms with Crippen LogP contribution in [0, 0.1) is 0 Å². The smallest absolute Gasteiger partial charge is 0.410 e. The van der Waals surface area contributed by atoms with Gasteiger partial charge < -0.3 is 29.1 Å². The number of ether oxygens (including phenoxy) is 3. The van der Waals surface area contributed by atoms with E-state index in [-0.39, 0.29) is 38.7 Å². The third-order valence-corrected chi connectivity index (χ3v) is 6.18. The highest BCUT2D eigenvalue weighted by atomic mass is 16.6. The summed E-state index contributed by atoms with van der Waals surface area (Å²) < 4.78 is 16.7. The molecule has 2 aromatic carbocycles. The van der Waals surface area contributed by atoms with Gasteiger partial charge in [0.25, 0.3) is 0 Å². The minimum atomic E-state index is -1.13. The summed E-state index contributed by atoms with van der Waals surface area (Å²) in [6.07, 6.45) is -1.77. The number of carboxylic acids is 1. The second-order valence-electron chi connectivity index (χ2n) is 10.0. The molecule has 1 heterocycles. The van der Waals surface area contributed by atoms with Crippen LogP contribution in [0.4, 0.5) is 9.59 Å².